The average Bonchev–Trinajstić information content (AvgIpc) is 2.94. The predicted molar refractivity (Wildman–Crippen MR) is 147 cm³/mol. The van der Waals surface area contributed by atoms with Gasteiger partial charge in [-0.15, -0.1) is 0 Å². The van der Waals surface area contributed by atoms with Crippen molar-refractivity contribution in [2.45, 2.75) is 43.7 Å². The van der Waals surface area contributed by atoms with Crippen molar-refractivity contribution < 1.29 is 19.5 Å². The molecule has 39 heavy (non-hydrogen) atoms. The lowest BCUT2D eigenvalue weighted by molar-refractivity contribution is -0.137. The number of methoxy groups -OCH3 is 1. The van der Waals surface area contributed by atoms with Gasteiger partial charge < -0.3 is 24.9 Å². The molecule has 2 N–H and O–H groups in total. The Kier molecular flexibility index (Phi) is 5.84. The minimum absolute atomic E-state index is 0.0825. The van der Waals surface area contributed by atoms with Gasteiger partial charge in [0, 0.05) is 23.8 Å². The molecule has 5 atom stereocenters. The van der Waals surface area contributed by atoms with Crippen LogP contribution in [0.5, 0.6) is 5.75 Å². The summed E-state index contributed by atoms with van der Waals surface area (Å²) in [6, 6.07) is 16.2. The van der Waals surface area contributed by atoms with Crippen LogP contribution in [0.4, 0.5) is 21.9 Å². The number of ether oxygens (including phenoxy) is 1. The molecule has 5 aliphatic rings. The number of aliphatic hydroxyl groups is 1. The molecule has 2 aromatic carbocycles. The van der Waals surface area contributed by atoms with Gasteiger partial charge in [-0.1, -0.05) is 12.1 Å². The summed E-state index contributed by atoms with van der Waals surface area (Å²) in [5.41, 5.74) is 3.26. The molecule has 1 amide bonds. The summed E-state index contributed by atoms with van der Waals surface area (Å²) in [7, 11) is 1.59. The highest BCUT2D eigenvalue weighted by atomic mass is 16.7. The van der Waals surface area contributed by atoms with Gasteiger partial charge in [-0.3, -0.25) is 0 Å². The van der Waals surface area contributed by atoms with Gasteiger partial charge in [0.1, 0.15) is 0 Å². The monoisotopic (exact) mass is 527 g/mol. The van der Waals surface area contributed by atoms with Gasteiger partial charge in [0.25, 0.3) is 0 Å². The van der Waals surface area contributed by atoms with E-state index >= 15 is 0 Å². The van der Waals surface area contributed by atoms with Crippen LogP contribution in [-0.4, -0.2) is 53.0 Å². The fourth-order valence-electron chi connectivity index (χ4n) is 7.54. The summed E-state index contributed by atoms with van der Waals surface area (Å²) < 4.78 is 5.15. The lowest BCUT2D eigenvalue weighted by Crippen LogP contribution is -2.62. The summed E-state index contributed by atoms with van der Waals surface area (Å²) in [5.74, 6) is 2.53. The van der Waals surface area contributed by atoms with Gasteiger partial charge >= 0.3 is 6.09 Å². The maximum absolute atomic E-state index is 13.1. The van der Waals surface area contributed by atoms with Crippen molar-refractivity contribution in [2.75, 3.05) is 30.2 Å². The number of hydrogen-bond acceptors (Lipinski definition) is 8. The van der Waals surface area contributed by atoms with Gasteiger partial charge in [-0.2, -0.15) is 0 Å². The number of nitrogens with one attached hydrogen (secondary N) is 1. The third kappa shape index (κ3) is 4.44. The lowest BCUT2D eigenvalue weighted by Gasteiger charge is -2.57. The summed E-state index contributed by atoms with van der Waals surface area (Å²) in [6.45, 7) is 1.19. The molecule has 1 aliphatic heterocycles. The van der Waals surface area contributed by atoms with Crippen molar-refractivity contribution in [3.8, 4) is 17.1 Å². The number of hydroxylamine groups is 1. The molecule has 4 bridgehead atoms. The van der Waals surface area contributed by atoms with Crippen molar-refractivity contribution in [1.82, 2.24) is 15.3 Å². The molecule has 9 nitrogen and oxygen atoms in total. The fourth-order valence-corrected chi connectivity index (χ4v) is 7.54. The van der Waals surface area contributed by atoms with E-state index in [1.165, 1.54) is 0 Å². The molecule has 0 spiro atoms. The van der Waals surface area contributed by atoms with E-state index in [1.807, 2.05) is 36.4 Å². The standard InChI is InChI=1S/C30H33N5O4/c1-38-24-17-31-28(32-18-24)20-6-8-23(9-7-20)34-10-11-35(26-5-3-2-4-25(26)34)39-29(36)33-27-21-12-19-13-22(27)16-30(37,14-19)15-21/h2-9,17-19,21-22,27,37H,10-16H2,1H3,(H,33,36)/t19?,21-,22+,27?,30?. The SMILES string of the molecule is COc1cnc(-c2ccc(N3CCN(OC(=O)NC4[C@@H]5CC6C[C@H]4CC(O)(C6)C5)c4ccccc43)cc2)nc1. The minimum Gasteiger partial charge on any atom is -0.494 e. The van der Waals surface area contributed by atoms with E-state index in [1.54, 1.807) is 24.6 Å². The molecule has 0 saturated heterocycles. The van der Waals surface area contributed by atoms with Crippen molar-refractivity contribution in [3.05, 3.63) is 60.9 Å². The zero-order valence-electron chi connectivity index (χ0n) is 22.0. The normalized spacial score (nSPS) is 28.7. The van der Waals surface area contributed by atoms with Crippen molar-refractivity contribution in [2.24, 2.45) is 17.8 Å². The molecule has 2 heterocycles. The maximum atomic E-state index is 13.1. The molecule has 1 aromatic heterocycles. The third-order valence-corrected chi connectivity index (χ3v) is 8.99. The molecular formula is C30H33N5O4. The van der Waals surface area contributed by atoms with Gasteiger partial charge in [0.05, 0.1) is 43.0 Å². The molecule has 4 aliphatic carbocycles. The van der Waals surface area contributed by atoms with E-state index in [9.17, 15) is 9.90 Å². The number of nitrogens with zero attached hydrogens (tertiary/aromatic N) is 4. The molecular weight excluding hydrogens is 494 g/mol. The van der Waals surface area contributed by atoms with Crippen LogP contribution < -0.4 is 20.0 Å². The number of carbonyl (C=O) groups excluding carboxylic acids is 1. The summed E-state index contributed by atoms with van der Waals surface area (Å²) >= 11 is 0. The van der Waals surface area contributed by atoms with Crippen LogP contribution in [0.15, 0.2) is 60.9 Å². The highest BCUT2D eigenvalue weighted by molar-refractivity contribution is 5.81. The Morgan fingerprint density at radius 1 is 0.974 bits per heavy atom. The molecule has 3 unspecified atom stereocenters. The number of amides is 1. The number of carbonyl (C=O) groups is 1. The second kappa shape index (κ2) is 9.41. The number of para-hydroxylation sites is 2. The number of benzene rings is 2. The second-order valence-electron chi connectivity index (χ2n) is 11.5. The van der Waals surface area contributed by atoms with Crippen molar-refractivity contribution in [3.63, 3.8) is 0 Å². The largest absolute Gasteiger partial charge is 0.494 e. The van der Waals surface area contributed by atoms with Crippen LogP contribution >= 0.6 is 0 Å². The minimum atomic E-state index is -0.520. The topological polar surface area (TPSA) is 100 Å². The maximum Gasteiger partial charge on any atom is 0.431 e. The first-order valence-corrected chi connectivity index (χ1v) is 13.8. The summed E-state index contributed by atoms with van der Waals surface area (Å²) in [6.07, 6.45) is 7.60. The molecule has 9 heteroatoms. The summed E-state index contributed by atoms with van der Waals surface area (Å²) in [5, 5.41) is 15.7. The van der Waals surface area contributed by atoms with Gasteiger partial charge in [0.15, 0.2) is 11.6 Å². The van der Waals surface area contributed by atoms with Crippen LogP contribution in [0.25, 0.3) is 11.4 Å². The zero-order valence-corrected chi connectivity index (χ0v) is 22.0. The highest BCUT2D eigenvalue weighted by Gasteiger charge is 2.55. The van der Waals surface area contributed by atoms with E-state index in [-0.39, 0.29) is 6.04 Å². The predicted octanol–water partition coefficient (Wildman–Crippen LogP) is 4.69. The first-order chi connectivity index (χ1) is 19.0. The molecule has 8 rings (SSSR count). The number of fused-ring (bicyclic) bond motifs is 1. The van der Waals surface area contributed by atoms with Crippen LogP contribution in [0.2, 0.25) is 0 Å². The Bertz CT molecular complexity index is 1350. The first kappa shape index (κ1) is 24.2. The van der Waals surface area contributed by atoms with Crippen molar-refractivity contribution >= 4 is 23.2 Å². The lowest BCUT2D eigenvalue weighted by atomic mass is 9.52. The first-order valence-electron chi connectivity index (χ1n) is 13.8. The van der Waals surface area contributed by atoms with E-state index in [4.69, 9.17) is 9.57 Å². The van der Waals surface area contributed by atoms with Crippen LogP contribution in [0.1, 0.15) is 32.1 Å². The van der Waals surface area contributed by atoms with E-state index < -0.39 is 11.7 Å². The molecule has 0 radical (unpaired) electrons. The number of rotatable bonds is 5. The zero-order chi connectivity index (χ0) is 26.6. The summed E-state index contributed by atoms with van der Waals surface area (Å²) in [4.78, 5) is 30.0. The van der Waals surface area contributed by atoms with Crippen LogP contribution in [0.3, 0.4) is 0 Å². The Labute approximate surface area is 227 Å². The van der Waals surface area contributed by atoms with E-state index in [0.717, 1.165) is 54.7 Å². The number of hydrogen-bond donors (Lipinski definition) is 2. The second-order valence-corrected chi connectivity index (χ2v) is 11.5. The van der Waals surface area contributed by atoms with Crippen molar-refractivity contribution in [1.29, 1.82) is 0 Å². The van der Waals surface area contributed by atoms with E-state index in [0.29, 0.717) is 42.4 Å². The Balaban J connectivity index is 1.05. The number of aromatic nitrogens is 2. The molecule has 202 valence electrons. The van der Waals surface area contributed by atoms with Gasteiger partial charge in [-0.05, 0) is 86.3 Å². The van der Waals surface area contributed by atoms with E-state index in [2.05, 4.69) is 32.3 Å². The average molecular weight is 528 g/mol. The van der Waals surface area contributed by atoms with Gasteiger partial charge in [-0.25, -0.2) is 19.8 Å². The molecule has 4 saturated carbocycles. The smallest absolute Gasteiger partial charge is 0.431 e. The van der Waals surface area contributed by atoms with Crippen LogP contribution in [0, 0.1) is 17.8 Å². The third-order valence-electron chi connectivity index (χ3n) is 8.99. The quantitative estimate of drug-likeness (QED) is 0.493. The number of anilines is 3. The highest BCUT2D eigenvalue weighted by Crippen LogP contribution is 2.55. The molecule has 4 fully saturated rings. The fraction of sp³-hybridized carbons (Fsp3) is 0.433. The Hall–Kier alpha value is -3.85. The van der Waals surface area contributed by atoms with Crippen LogP contribution in [-0.2, 0) is 4.84 Å². The Morgan fingerprint density at radius 2 is 1.67 bits per heavy atom. The van der Waals surface area contributed by atoms with Gasteiger partial charge in [0.2, 0.25) is 0 Å². The Morgan fingerprint density at radius 3 is 2.33 bits per heavy atom. The molecule has 3 aromatic rings.